The van der Waals surface area contributed by atoms with Gasteiger partial charge in [0.05, 0.1) is 15.7 Å². The Bertz CT molecular complexity index is 1130. The second kappa shape index (κ2) is 8.61. The maximum Gasteiger partial charge on any atom is 0.198 e. The molecule has 1 heterocycles. The van der Waals surface area contributed by atoms with E-state index in [0.717, 1.165) is 22.6 Å². The number of Topliss-reactive ketones (excluding diaryl/α,β-unsaturated/α-hetero) is 1. The van der Waals surface area contributed by atoms with E-state index in [1.54, 1.807) is 12.1 Å². The Kier molecular flexibility index (Phi) is 5.90. The van der Waals surface area contributed by atoms with Gasteiger partial charge in [-0.2, -0.15) is 0 Å². The molecule has 0 aromatic heterocycles. The van der Waals surface area contributed by atoms with Gasteiger partial charge in [0.1, 0.15) is 0 Å². The van der Waals surface area contributed by atoms with E-state index in [-0.39, 0.29) is 11.9 Å². The Balaban J connectivity index is 1.89. The highest BCUT2D eigenvalue weighted by Gasteiger charge is 2.39. The highest BCUT2D eigenvalue weighted by atomic mass is 35.5. The van der Waals surface area contributed by atoms with Gasteiger partial charge in [-0.05, 0) is 48.0 Å². The van der Waals surface area contributed by atoms with Gasteiger partial charge in [0.15, 0.2) is 17.8 Å². The normalized spacial score (nSPS) is 15.8. The molecule has 0 aliphatic carbocycles. The zero-order chi connectivity index (χ0) is 22.1. The Hall–Kier alpha value is -3.02. The molecule has 0 N–H and O–H groups in total. The minimum absolute atomic E-state index is 0.139. The minimum atomic E-state index is -0.366. The molecule has 7 heteroatoms. The van der Waals surface area contributed by atoms with E-state index < -0.39 is 0 Å². The molecule has 0 saturated carbocycles. The molecule has 31 heavy (non-hydrogen) atoms. The first-order valence-corrected chi connectivity index (χ1v) is 10.6. The zero-order valence-electron chi connectivity index (χ0n) is 17.5. The third-order valence-corrected chi connectivity index (χ3v) is 5.87. The van der Waals surface area contributed by atoms with Crippen molar-refractivity contribution in [1.29, 1.82) is 0 Å². The molecular formula is C24H22Cl2N4O. The van der Waals surface area contributed by atoms with Gasteiger partial charge < -0.3 is 4.90 Å². The fourth-order valence-electron chi connectivity index (χ4n) is 3.58. The second-order valence-electron chi connectivity index (χ2n) is 7.49. The SMILES string of the molecule is CC(=O)C1=NN(c2ccccc2)[C@H](c2ccc(N(C)C)cc2)N1c1ccc(Cl)c(Cl)c1. The molecule has 1 aliphatic rings. The Labute approximate surface area is 192 Å². The average Bonchev–Trinajstić information content (AvgIpc) is 3.17. The summed E-state index contributed by atoms with van der Waals surface area (Å²) in [7, 11) is 4.00. The zero-order valence-corrected chi connectivity index (χ0v) is 19.0. The number of rotatable bonds is 5. The predicted octanol–water partition coefficient (Wildman–Crippen LogP) is 5.99. The molecule has 0 saturated heterocycles. The van der Waals surface area contributed by atoms with E-state index in [4.69, 9.17) is 28.3 Å². The fraction of sp³-hybridized carbons (Fsp3) is 0.167. The van der Waals surface area contributed by atoms with Crippen molar-refractivity contribution in [1.82, 2.24) is 0 Å². The number of hydrogen-bond donors (Lipinski definition) is 0. The topological polar surface area (TPSA) is 39.2 Å². The van der Waals surface area contributed by atoms with Crippen LogP contribution in [0.2, 0.25) is 10.0 Å². The van der Waals surface area contributed by atoms with Crippen LogP contribution in [0.5, 0.6) is 0 Å². The van der Waals surface area contributed by atoms with Crippen molar-refractivity contribution in [2.75, 3.05) is 28.9 Å². The summed E-state index contributed by atoms with van der Waals surface area (Å²) >= 11 is 12.5. The van der Waals surface area contributed by atoms with Gasteiger partial charge in [-0.1, -0.05) is 53.5 Å². The minimum Gasteiger partial charge on any atom is -0.378 e. The van der Waals surface area contributed by atoms with E-state index in [0.29, 0.717) is 15.9 Å². The Morgan fingerprint density at radius 3 is 2.16 bits per heavy atom. The molecule has 0 bridgehead atoms. The van der Waals surface area contributed by atoms with Crippen molar-refractivity contribution in [3.8, 4) is 0 Å². The number of carbonyl (C=O) groups is 1. The molecule has 0 amide bonds. The number of benzene rings is 3. The number of para-hydroxylation sites is 1. The van der Waals surface area contributed by atoms with Crippen LogP contribution in [0, 0.1) is 0 Å². The van der Waals surface area contributed by atoms with Crippen molar-refractivity contribution in [2.45, 2.75) is 13.1 Å². The molecule has 158 valence electrons. The lowest BCUT2D eigenvalue weighted by molar-refractivity contribution is -0.111. The van der Waals surface area contributed by atoms with Crippen molar-refractivity contribution < 1.29 is 4.79 Å². The van der Waals surface area contributed by atoms with Crippen LogP contribution in [0.4, 0.5) is 17.1 Å². The second-order valence-corrected chi connectivity index (χ2v) is 8.30. The number of hydrogen-bond acceptors (Lipinski definition) is 5. The van der Waals surface area contributed by atoms with Gasteiger partial charge in [0, 0.05) is 32.4 Å². The van der Waals surface area contributed by atoms with Crippen LogP contribution < -0.4 is 14.8 Å². The maximum absolute atomic E-state index is 12.6. The summed E-state index contributed by atoms with van der Waals surface area (Å²) in [5.41, 5.74) is 3.69. The number of nitrogens with zero attached hydrogens (tertiary/aromatic N) is 4. The predicted molar refractivity (Wildman–Crippen MR) is 129 cm³/mol. The molecule has 3 aromatic carbocycles. The van der Waals surface area contributed by atoms with Crippen LogP contribution in [0.3, 0.4) is 0 Å². The van der Waals surface area contributed by atoms with Gasteiger partial charge in [0.25, 0.3) is 0 Å². The lowest BCUT2D eigenvalue weighted by Crippen LogP contribution is -2.37. The van der Waals surface area contributed by atoms with E-state index >= 15 is 0 Å². The third kappa shape index (κ3) is 4.11. The number of ketones is 1. The third-order valence-electron chi connectivity index (χ3n) is 5.13. The van der Waals surface area contributed by atoms with Gasteiger partial charge in [-0.25, -0.2) is 5.01 Å². The van der Waals surface area contributed by atoms with E-state index in [1.807, 2.05) is 65.3 Å². The number of anilines is 3. The molecular weight excluding hydrogens is 431 g/mol. The molecule has 1 aliphatic heterocycles. The monoisotopic (exact) mass is 452 g/mol. The lowest BCUT2D eigenvalue weighted by atomic mass is 10.1. The van der Waals surface area contributed by atoms with E-state index in [2.05, 4.69) is 24.3 Å². The fourth-order valence-corrected chi connectivity index (χ4v) is 3.88. The number of hydrazone groups is 1. The standard InChI is InChI=1S/C24H22Cl2N4O/c1-16(31)23-27-30(19-7-5-4-6-8-19)24(17-9-11-18(12-10-17)28(2)3)29(23)20-13-14-21(25)22(26)15-20/h4-15,24H,1-3H3/t24-/m1/s1. The molecule has 0 unspecified atom stereocenters. The molecule has 0 spiro atoms. The average molecular weight is 453 g/mol. The van der Waals surface area contributed by atoms with Crippen LogP contribution in [0.15, 0.2) is 77.9 Å². The van der Waals surface area contributed by atoms with Gasteiger partial charge in [0.2, 0.25) is 0 Å². The van der Waals surface area contributed by atoms with Gasteiger partial charge >= 0.3 is 0 Å². The first kappa shape index (κ1) is 21.2. The summed E-state index contributed by atoms with van der Waals surface area (Å²) < 4.78 is 0. The highest BCUT2D eigenvalue weighted by molar-refractivity contribution is 6.45. The van der Waals surface area contributed by atoms with Crippen LogP contribution in [0.1, 0.15) is 18.7 Å². The number of amidine groups is 1. The Morgan fingerprint density at radius 1 is 0.903 bits per heavy atom. The van der Waals surface area contributed by atoms with Crippen molar-refractivity contribution in [2.24, 2.45) is 5.10 Å². The van der Waals surface area contributed by atoms with Crippen molar-refractivity contribution in [3.63, 3.8) is 0 Å². The molecule has 3 aromatic rings. The summed E-state index contributed by atoms with van der Waals surface area (Å²) in [5.74, 6) is 0.198. The first-order valence-electron chi connectivity index (χ1n) is 9.82. The van der Waals surface area contributed by atoms with E-state index in [9.17, 15) is 4.79 Å². The van der Waals surface area contributed by atoms with Crippen molar-refractivity contribution in [3.05, 3.63) is 88.4 Å². The van der Waals surface area contributed by atoms with E-state index in [1.165, 1.54) is 6.92 Å². The quantitative estimate of drug-likeness (QED) is 0.476. The van der Waals surface area contributed by atoms with Crippen LogP contribution >= 0.6 is 23.2 Å². The maximum atomic E-state index is 12.6. The number of halogens is 2. The number of carbonyl (C=O) groups excluding carboxylic acids is 1. The lowest BCUT2D eigenvalue weighted by Gasteiger charge is -2.32. The molecule has 0 radical (unpaired) electrons. The molecule has 0 fully saturated rings. The molecule has 1 atom stereocenters. The van der Waals surface area contributed by atoms with Crippen LogP contribution in [-0.4, -0.2) is 25.7 Å². The summed E-state index contributed by atoms with van der Waals surface area (Å²) in [5, 5.41) is 7.46. The Morgan fingerprint density at radius 2 is 1.58 bits per heavy atom. The first-order chi connectivity index (χ1) is 14.9. The summed E-state index contributed by atoms with van der Waals surface area (Å²) in [6.45, 7) is 1.52. The summed E-state index contributed by atoms with van der Waals surface area (Å²) in [6, 6.07) is 23.4. The highest BCUT2D eigenvalue weighted by Crippen LogP contribution is 2.40. The summed E-state index contributed by atoms with van der Waals surface area (Å²) in [6.07, 6.45) is -0.366. The summed E-state index contributed by atoms with van der Waals surface area (Å²) in [4.78, 5) is 16.6. The van der Waals surface area contributed by atoms with Crippen LogP contribution in [-0.2, 0) is 4.79 Å². The molecule has 4 rings (SSSR count). The van der Waals surface area contributed by atoms with Gasteiger partial charge in [-0.15, -0.1) is 5.10 Å². The van der Waals surface area contributed by atoms with Gasteiger partial charge in [-0.3, -0.25) is 9.69 Å². The largest absolute Gasteiger partial charge is 0.378 e. The smallest absolute Gasteiger partial charge is 0.198 e. The van der Waals surface area contributed by atoms with Crippen LogP contribution in [0.25, 0.3) is 0 Å². The van der Waals surface area contributed by atoms with Crippen molar-refractivity contribution >= 4 is 51.9 Å². The molecule has 5 nitrogen and oxygen atoms in total.